The minimum atomic E-state index is -4.53. The molecule has 2 aromatic rings. The second-order valence-corrected chi connectivity index (χ2v) is 9.87. The Balaban J connectivity index is 2.06. The lowest BCUT2D eigenvalue weighted by Gasteiger charge is -2.33. The van der Waals surface area contributed by atoms with Gasteiger partial charge < -0.3 is 19.9 Å². The Hall–Kier alpha value is -3.11. The zero-order chi connectivity index (χ0) is 24.9. The van der Waals surface area contributed by atoms with Crippen molar-refractivity contribution in [3.8, 4) is 11.5 Å². The van der Waals surface area contributed by atoms with Gasteiger partial charge in [0, 0.05) is 12.6 Å². The highest BCUT2D eigenvalue weighted by molar-refractivity contribution is 7.89. The van der Waals surface area contributed by atoms with E-state index in [0.29, 0.717) is 29.4 Å². The predicted octanol–water partition coefficient (Wildman–Crippen LogP) is 2.58. The molecule has 2 N–H and O–H groups in total. The molecular formula is C24H30N2O7S. The number of unbranched alkanes of at least 4 members (excludes halogenated alkanes) is 1. The molecule has 0 radical (unpaired) electrons. The summed E-state index contributed by atoms with van der Waals surface area (Å²) in [4.78, 5) is 25.6. The van der Waals surface area contributed by atoms with Gasteiger partial charge >= 0.3 is 5.97 Å². The number of sulfonamides is 1. The van der Waals surface area contributed by atoms with Gasteiger partial charge in [-0.2, -0.15) is 0 Å². The minimum absolute atomic E-state index is 0.00734. The second kappa shape index (κ2) is 10.9. The van der Waals surface area contributed by atoms with Crippen LogP contribution in [0.5, 0.6) is 11.5 Å². The lowest BCUT2D eigenvalue weighted by Crippen LogP contribution is -2.56. The molecule has 0 bridgehead atoms. The molecule has 34 heavy (non-hydrogen) atoms. The van der Waals surface area contributed by atoms with Crippen molar-refractivity contribution >= 4 is 21.9 Å². The molecular weight excluding hydrogens is 460 g/mol. The number of rotatable bonds is 10. The van der Waals surface area contributed by atoms with Crippen molar-refractivity contribution in [3.63, 3.8) is 0 Å². The largest absolute Gasteiger partial charge is 0.493 e. The average Bonchev–Trinajstić information content (AvgIpc) is 2.84. The van der Waals surface area contributed by atoms with Crippen LogP contribution in [0, 0.1) is 0 Å². The standard InChI is InChI=1S/C24H30N2O7S/c1-4-5-10-20(24(28)29)26(23(27)19-13-16-8-6-7-9-17(16)15-25-19)34(30,31)18-11-12-21(32-2)22(14-18)33-3/h6-9,11-12,14,19-20,25H,4-5,10,13,15H2,1-3H3,(H,28,29)/t19-,20-/m1/s1. The first-order chi connectivity index (χ1) is 16.2. The maximum absolute atomic E-state index is 13.8. The van der Waals surface area contributed by atoms with Crippen LogP contribution in [-0.2, 0) is 32.6 Å². The van der Waals surface area contributed by atoms with Crippen LogP contribution in [0.1, 0.15) is 37.3 Å². The van der Waals surface area contributed by atoms with Crippen molar-refractivity contribution in [2.45, 2.75) is 56.1 Å². The Morgan fingerprint density at radius 1 is 1.12 bits per heavy atom. The number of nitrogens with zero attached hydrogens (tertiary/aromatic N) is 1. The van der Waals surface area contributed by atoms with Crippen LogP contribution >= 0.6 is 0 Å². The van der Waals surface area contributed by atoms with Crippen LogP contribution in [0.2, 0.25) is 0 Å². The van der Waals surface area contributed by atoms with Gasteiger partial charge in [-0.3, -0.25) is 4.79 Å². The van der Waals surface area contributed by atoms with Crippen LogP contribution in [0.4, 0.5) is 0 Å². The first-order valence-electron chi connectivity index (χ1n) is 11.1. The Morgan fingerprint density at radius 2 is 1.79 bits per heavy atom. The summed E-state index contributed by atoms with van der Waals surface area (Å²) in [6, 6.07) is 9.06. The number of carbonyl (C=O) groups excluding carboxylic acids is 1. The zero-order valence-electron chi connectivity index (χ0n) is 19.5. The SMILES string of the molecule is CCCC[C@H](C(=O)O)N(C(=O)[C@H]1Cc2ccccc2CN1)S(=O)(=O)c1ccc(OC)c(OC)c1. The summed E-state index contributed by atoms with van der Waals surface area (Å²) in [6.45, 7) is 2.25. The molecule has 0 saturated carbocycles. The number of fused-ring (bicyclic) bond motifs is 1. The maximum Gasteiger partial charge on any atom is 0.327 e. The third kappa shape index (κ3) is 5.18. The van der Waals surface area contributed by atoms with Crippen molar-refractivity contribution < 1.29 is 32.6 Å². The number of amides is 1. The molecule has 0 aliphatic carbocycles. The van der Waals surface area contributed by atoms with E-state index in [9.17, 15) is 23.1 Å². The molecule has 10 heteroatoms. The molecule has 0 fully saturated rings. The summed E-state index contributed by atoms with van der Waals surface area (Å²) in [6.07, 6.45) is 1.36. The van der Waals surface area contributed by atoms with E-state index < -0.39 is 34.0 Å². The quantitative estimate of drug-likeness (QED) is 0.521. The molecule has 1 heterocycles. The number of methoxy groups -OCH3 is 2. The predicted molar refractivity (Wildman–Crippen MR) is 125 cm³/mol. The number of hydrogen-bond donors (Lipinski definition) is 2. The van der Waals surface area contributed by atoms with Crippen LogP contribution in [0.15, 0.2) is 47.4 Å². The Kier molecular flexibility index (Phi) is 8.16. The smallest absolute Gasteiger partial charge is 0.327 e. The summed E-state index contributed by atoms with van der Waals surface area (Å²) < 4.78 is 38.4. The van der Waals surface area contributed by atoms with Crippen molar-refractivity contribution in [2.75, 3.05) is 14.2 Å². The molecule has 0 aromatic heterocycles. The highest BCUT2D eigenvalue weighted by Crippen LogP contribution is 2.32. The third-order valence-corrected chi connectivity index (χ3v) is 7.71. The van der Waals surface area contributed by atoms with E-state index in [1.165, 1.54) is 32.4 Å². The molecule has 0 saturated heterocycles. The van der Waals surface area contributed by atoms with Crippen LogP contribution in [0.25, 0.3) is 0 Å². The number of hydrogen-bond acceptors (Lipinski definition) is 7. The number of ether oxygens (including phenoxy) is 2. The molecule has 1 aliphatic heterocycles. The van der Waals surface area contributed by atoms with Gasteiger partial charge in [0.25, 0.3) is 15.9 Å². The number of carboxylic acid groups (broad SMARTS) is 1. The minimum Gasteiger partial charge on any atom is -0.493 e. The zero-order valence-corrected chi connectivity index (χ0v) is 20.3. The van der Waals surface area contributed by atoms with E-state index in [4.69, 9.17) is 9.47 Å². The molecule has 3 rings (SSSR count). The number of carboxylic acids is 1. The summed E-state index contributed by atoms with van der Waals surface area (Å²) in [5.74, 6) is -1.71. The molecule has 184 valence electrons. The lowest BCUT2D eigenvalue weighted by atomic mass is 9.95. The van der Waals surface area contributed by atoms with Crippen molar-refractivity contribution in [2.24, 2.45) is 0 Å². The van der Waals surface area contributed by atoms with Gasteiger partial charge in [-0.25, -0.2) is 17.5 Å². The third-order valence-electron chi connectivity index (χ3n) is 5.91. The fraction of sp³-hybridized carbons (Fsp3) is 0.417. The monoisotopic (exact) mass is 490 g/mol. The average molecular weight is 491 g/mol. The highest BCUT2D eigenvalue weighted by Gasteiger charge is 2.43. The molecule has 1 amide bonds. The maximum atomic E-state index is 13.8. The Bertz CT molecular complexity index is 1150. The molecule has 9 nitrogen and oxygen atoms in total. The van der Waals surface area contributed by atoms with Gasteiger partial charge in [-0.15, -0.1) is 0 Å². The van der Waals surface area contributed by atoms with Gasteiger partial charge in [-0.1, -0.05) is 44.0 Å². The van der Waals surface area contributed by atoms with Crippen molar-refractivity contribution in [1.82, 2.24) is 9.62 Å². The van der Waals surface area contributed by atoms with E-state index >= 15 is 0 Å². The summed E-state index contributed by atoms with van der Waals surface area (Å²) in [5, 5.41) is 13.0. The van der Waals surface area contributed by atoms with Crippen LogP contribution in [-0.4, -0.2) is 56.0 Å². The second-order valence-electron chi connectivity index (χ2n) is 8.06. The number of benzene rings is 2. The van der Waals surface area contributed by atoms with E-state index in [1.54, 1.807) is 0 Å². The number of nitrogens with one attached hydrogen (secondary N) is 1. The number of aliphatic carboxylic acids is 1. The summed E-state index contributed by atoms with van der Waals surface area (Å²) in [5.41, 5.74) is 1.94. The lowest BCUT2D eigenvalue weighted by molar-refractivity contribution is -0.147. The van der Waals surface area contributed by atoms with Crippen molar-refractivity contribution in [1.29, 1.82) is 0 Å². The molecule has 2 aromatic carbocycles. The van der Waals surface area contributed by atoms with Gasteiger partial charge in [0.2, 0.25) is 0 Å². The summed E-state index contributed by atoms with van der Waals surface area (Å²) in [7, 11) is -1.75. The Labute approximate surface area is 199 Å². The van der Waals surface area contributed by atoms with Crippen molar-refractivity contribution in [3.05, 3.63) is 53.6 Å². The first-order valence-corrected chi connectivity index (χ1v) is 12.5. The molecule has 2 atom stereocenters. The van der Waals surface area contributed by atoms with Gasteiger partial charge in [0.15, 0.2) is 11.5 Å². The normalized spacial score (nSPS) is 16.3. The highest BCUT2D eigenvalue weighted by atomic mass is 32.2. The Morgan fingerprint density at radius 3 is 2.41 bits per heavy atom. The van der Waals surface area contributed by atoms with Gasteiger partial charge in [0.1, 0.15) is 6.04 Å². The molecule has 0 unspecified atom stereocenters. The fourth-order valence-corrected chi connectivity index (χ4v) is 5.67. The fourth-order valence-electron chi connectivity index (χ4n) is 4.05. The van der Waals surface area contributed by atoms with Crippen LogP contribution in [0.3, 0.4) is 0 Å². The first kappa shape index (κ1) is 25.5. The van der Waals surface area contributed by atoms with Crippen LogP contribution < -0.4 is 14.8 Å². The molecule has 0 spiro atoms. The van der Waals surface area contributed by atoms with Gasteiger partial charge in [0.05, 0.1) is 25.2 Å². The number of carbonyl (C=O) groups is 2. The van der Waals surface area contributed by atoms with Gasteiger partial charge in [-0.05, 0) is 36.1 Å². The van der Waals surface area contributed by atoms with E-state index in [0.717, 1.165) is 11.1 Å². The van der Waals surface area contributed by atoms with E-state index in [2.05, 4.69) is 5.32 Å². The van der Waals surface area contributed by atoms with E-state index in [-0.39, 0.29) is 23.5 Å². The summed E-state index contributed by atoms with van der Waals surface area (Å²) >= 11 is 0. The van der Waals surface area contributed by atoms with E-state index in [1.807, 2.05) is 31.2 Å². The topological polar surface area (TPSA) is 122 Å². The molecule has 1 aliphatic rings.